The summed E-state index contributed by atoms with van der Waals surface area (Å²) >= 11 is 0. The highest BCUT2D eigenvalue weighted by molar-refractivity contribution is 5.95. The molecular formula is C20H23NO3. The second-order valence-corrected chi connectivity index (χ2v) is 6.99. The van der Waals surface area contributed by atoms with E-state index in [9.17, 15) is 15.0 Å². The minimum Gasteiger partial charge on any atom is -0.396 e. The molecule has 0 unspecified atom stereocenters. The van der Waals surface area contributed by atoms with Crippen molar-refractivity contribution in [1.82, 2.24) is 4.90 Å². The van der Waals surface area contributed by atoms with Crippen LogP contribution in [-0.4, -0.2) is 47.8 Å². The van der Waals surface area contributed by atoms with Gasteiger partial charge in [0.05, 0.1) is 13.2 Å². The maximum Gasteiger partial charge on any atom is 0.253 e. The Bertz CT molecular complexity index is 765. The van der Waals surface area contributed by atoms with E-state index in [1.807, 2.05) is 30.3 Å². The summed E-state index contributed by atoms with van der Waals surface area (Å²) in [5.41, 5.74) is 4.84. The maximum atomic E-state index is 12.7. The van der Waals surface area contributed by atoms with E-state index in [1.54, 1.807) is 18.9 Å². The van der Waals surface area contributed by atoms with E-state index in [4.69, 9.17) is 0 Å². The van der Waals surface area contributed by atoms with Crippen LogP contribution in [0.3, 0.4) is 0 Å². The maximum absolute atomic E-state index is 12.7. The van der Waals surface area contributed by atoms with Gasteiger partial charge < -0.3 is 15.1 Å². The summed E-state index contributed by atoms with van der Waals surface area (Å²) in [5.74, 6) is -0.0955. The molecule has 2 N–H and O–H groups in total. The highest BCUT2D eigenvalue weighted by atomic mass is 16.3. The van der Waals surface area contributed by atoms with Gasteiger partial charge in [-0.3, -0.25) is 4.79 Å². The van der Waals surface area contributed by atoms with Gasteiger partial charge in [-0.25, -0.2) is 0 Å². The molecule has 0 bridgehead atoms. The van der Waals surface area contributed by atoms with Gasteiger partial charge in [-0.05, 0) is 40.8 Å². The zero-order chi connectivity index (χ0) is 17.3. The second kappa shape index (κ2) is 6.38. The van der Waals surface area contributed by atoms with Gasteiger partial charge in [0.1, 0.15) is 0 Å². The minimum absolute atomic E-state index is 0.0955. The van der Waals surface area contributed by atoms with Crippen LogP contribution < -0.4 is 0 Å². The molecule has 3 rings (SSSR count). The summed E-state index contributed by atoms with van der Waals surface area (Å²) in [6, 6.07) is 14.1. The molecule has 0 heterocycles. The second-order valence-electron chi connectivity index (χ2n) is 6.99. The van der Waals surface area contributed by atoms with Crippen molar-refractivity contribution in [3.63, 3.8) is 0 Å². The van der Waals surface area contributed by atoms with Crippen LogP contribution in [0.25, 0.3) is 11.1 Å². The van der Waals surface area contributed by atoms with Crippen molar-refractivity contribution in [1.29, 1.82) is 0 Å². The van der Waals surface area contributed by atoms with Gasteiger partial charge in [0.15, 0.2) is 0 Å². The molecule has 4 nitrogen and oxygen atoms in total. The third-order valence-electron chi connectivity index (χ3n) is 4.77. The van der Waals surface area contributed by atoms with E-state index in [1.165, 1.54) is 22.3 Å². The van der Waals surface area contributed by atoms with Gasteiger partial charge in [0.25, 0.3) is 5.91 Å². The Labute approximate surface area is 142 Å². The van der Waals surface area contributed by atoms with Gasteiger partial charge in [-0.15, -0.1) is 0 Å². The van der Waals surface area contributed by atoms with Gasteiger partial charge in [0, 0.05) is 24.6 Å². The molecule has 0 spiro atoms. The summed E-state index contributed by atoms with van der Waals surface area (Å²) in [6.07, 6.45) is 0.849. The molecule has 0 saturated heterocycles. The highest BCUT2D eigenvalue weighted by Crippen LogP contribution is 2.36. The lowest BCUT2D eigenvalue weighted by atomic mass is 9.92. The summed E-state index contributed by atoms with van der Waals surface area (Å²) in [7, 11) is 1.70. The first-order valence-electron chi connectivity index (χ1n) is 8.16. The number of carbonyl (C=O) groups is 1. The van der Waals surface area contributed by atoms with Gasteiger partial charge in [-0.2, -0.15) is 0 Å². The van der Waals surface area contributed by atoms with Gasteiger partial charge in [0.2, 0.25) is 0 Å². The Morgan fingerprint density at radius 1 is 1.08 bits per heavy atom. The molecule has 0 aliphatic heterocycles. The van der Waals surface area contributed by atoms with Gasteiger partial charge in [-0.1, -0.05) is 37.3 Å². The van der Waals surface area contributed by atoms with Crippen LogP contribution in [0.4, 0.5) is 0 Å². The van der Waals surface area contributed by atoms with Crippen molar-refractivity contribution < 1.29 is 15.0 Å². The monoisotopic (exact) mass is 325 g/mol. The zero-order valence-corrected chi connectivity index (χ0v) is 14.1. The first-order valence-corrected chi connectivity index (χ1v) is 8.16. The van der Waals surface area contributed by atoms with E-state index in [0.717, 1.165) is 6.42 Å². The predicted molar refractivity (Wildman–Crippen MR) is 93.9 cm³/mol. The molecular weight excluding hydrogens is 302 g/mol. The fourth-order valence-corrected chi connectivity index (χ4v) is 3.29. The van der Waals surface area contributed by atoms with Crippen LogP contribution in [0.15, 0.2) is 42.5 Å². The van der Waals surface area contributed by atoms with Crippen LogP contribution in [0, 0.1) is 5.41 Å². The summed E-state index contributed by atoms with van der Waals surface area (Å²) in [4.78, 5) is 14.3. The summed E-state index contributed by atoms with van der Waals surface area (Å²) in [6.45, 7) is 1.73. The number of hydrogen-bond acceptors (Lipinski definition) is 3. The van der Waals surface area contributed by atoms with E-state index in [0.29, 0.717) is 12.1 Å². The van der Waals surface area contributed by atoms with Crippen molar-refractivity contribution in [3.05, 3.63) is 59.2 Å². The molecule has 2 aromatic carbocycles. The Balaban J connectivity index is 1.82. The lowest BCUT2D eigenvalue weighted by Crippen LogP contribution is -2.41. The normalized spacial score (nSPS) is 12.7. The molecule has 24 heavy (non-hydrogen) atoms. The topological polar surface area (TPSA) is 60.8 Å². The third kappa shape index (κ3) is 2.95. The molecule has 0 fully saturated rings. The summed E-state index contributed by atoms with van der Waals surface area (Å²) < 4.78 is 0. The van der Waals surface area contributed by atoms with Crippen molar-refractivity contribution in [2.75, 3.05) is 26.8 Å². The SMILES string of the molecule is CN(CC(C)(CO)CO)C(=O)c1ccc2c(c1)Cc1ccccc1-2. The van der Waals surface area contributed by atoms with E-state index in [-0.39, 0.29) is 19.1 Å². The number of aliphatic hydroxyl groups is 2. The third-order valence-corrected chi connectivity index (χ3v) is 4.77. The molecule has 0 radical (unpaired) electrons. The minimum atomic E-state index is -0.697. The first-order chi connectivity index (χ1) is 11.5. The van der Waals surface area contributed by atoms with E-state index < -0.39 is 5.41 Å². The first kappa shape index (κ1) is 16.7. The average molecular weight is 325 g/mol. The lowest BCUT2D eigenvalue weighted by molar-refractivity contribution is 0.0366. The van der Waals surface area contributed by atoms with Crippen molar-refractivity contribution in [2.24, 2.45) is 5.41 Å². The highest BCUT2D eigenvalue weighted by Gasteiger charge is 2.27. The van der Waals surface area contributed by atoms with Gasteiger partial charge >= 0.3 is 0 Å². The quantitative estimate of drug-likeness (QED) is 0.757. The fraction of sp³-hybridized carbons (Fsp3) is 0.350. The standard InChI is InChI=1S/C20H23NO3/c1-20(12-22,13-23)11-21(2)19(24)15-7-8-18-16(10-15)9-14-5-3-4-6-17(14)18/h3-8,10,22-23H,9,11-13H2,1-2H3. The number of aliphatic hydroxyl groups excluding tert-OH is 2. The summed E-state index contributed by atoms with van der Waals surface area (Å²) in [5, 5.41) is 18.8. The van der Waals surface area contributed by atoms with Crippen molar-refractivity contribution in [2.45, 2.75) is 13.3 Å². The zero-order valence-electron chi connectivity index (χ0n) is 14.1. The Hall–Kier alpha value is -2.17. The van der Waals surface area contributed by atoms with E-state index >= 15 is 0 Å². The van der Waals surface area contributed by atoms with Crippen molar-refractivity contribution >= 4 is 5.91 Å². The molecule has 1 aliphatic carbocycles. The van der Waals surface area contributed by atoms with E-state index in [2.05, 4.69) is 12.1 Å². The predicted octanol–water partition coefficient (Wildman–Crippen LogP) is 2.32. The molecule has 2 aromatic rings. The number of carbonyl (C=O) groups excluding carboxylic acids is 1. The molecule has 0 saturated carbocycles. The number of fused-ring (bicyclic) bond motifs is 3. The van der Waals surface area contributed by atoms with Crippen LogP contribution in [0.2, 0.25) is 0 Å². The smallest absolute Gasteiger partial charge is 0.253 e. The Morgan fingerprint density at radius 3 is 2.46 bits per heavy atom. The fourth-order valence-electron chi connectivity index (χ4n) is 3.29. The molecule has 0 atom stereocenters. The molecule has 1 aliphatic rings. The van der Waals surface area contributed by atoms with Crippen LogP contribution >= 0.6 is 0 Å². The molecule has 4 heteroatoms. The number of hydrogen-bond donors (Lipinski definition) is 2. The largest absolute Gasteiger partial charge is 0.396 e. The lowest BCUT2D eigenvalue weighted by Gasteiger charge is -2.30. The molecule has 1 amide bonds. The number of amides is 1. The average Bonchev–Trinajstić information content (AvgIpc) is 2.98. The number of nitrogens with zero attached hydrogens (tertiary/aromatic N) is 1. The van der Waals surface area contributed by atoms with Crippen LogP contribution in [0.5, 0.6) is 0 Å². The Morgan fingerprint density at radius 2 is 1.75 bits per heavy atom. The molecule has 126 valence electrons. The number of benzene rings is 2. The molecule has 0 aromatic heterocycles. The van der Waals surface area contributed by atoms with Crippen LogP contribution in [-0.2, 0) is 6.42 Å². The Kier molecular flexibility index (Phi) is 4.43. The van der Waals surface area contributed by atoms with Crippen molar-refractivity contribution in [3.8, 4) is 11.1 Å². The van der Waals surface area contributed by atoms with Crippen LogP contribution in [0.1, 0.15) is 28.4 Å². The number of rotatable bonds is 5.